The van der Waals surface area contributed by atoms with Gasteiger partial charge in [-0.1, -0.05) is 6.08 Å². The fourth-order valence-corrected chi connectivity index (χ4v) is 1.46. The minimum absolute atomic E-state index is 0.0877. The van der Waals surface area contributed by atoms with Crippen LogP contribution >= 0.6 is 0 Å². The molecule has 8 heteroatoms. The van der Waals surface area contributed by atoms with Crippen molar-refractivity contribution >= 4 is 17.3 Å². The first-order valence-corrected chi connectivity index (χ1v) is 5.21. The number of amides is 1. The van der Waals surface area contributed by atoms with Gasteiger partial charge < -0.3 is 5.32 Å². The highest BCUT2D eigenvalue weighted by atomic mass is 16.6. The average molecular weight is 265 g/mol. The summed E-state index contributed by atoms with van der Waals surface area (Å²) in [7, 11) is 0. The highest BCUT2D eigenvalue weighted by Gasteiger charge is 2.25. The molecule has 0 aliphatic carbocycles. The fourth-order valence-electron chi connectivity index (χ4n) is 1.46. The van der Waals surface area contributed by atoms with Gasteiger partial charge in [-0.15, -0.1) is 6.58 Å². The average Bonchev–Trinajstić information content (AvgIpc) is 2.35. The molecular weight excluding hydrogens is 254 g/mol. The lowest BCUT2D eigenvalue weighted by atomic mass is 10.1. The number of carbonyl (C=O) groups excluding carboxylic acids is 1. The van der Waals surface area contributed by atoms with Gasteiger partial charge in [0.2, 0.25) is 0 Å². The van der Waals surface area contributed by atoms with Gasteiger partial charge in [-0.2, -0.15) is 0 Å². The van der Waals surface area contributed by atoms with Crippen LogP contribution < -0.4 is 5.32 Å². The van der Waals surface area contributed by atoms with Crippen LogP contribution in [0.25, 0.3) is 0 Å². The molecule has 0 heterocycles. The van der Waals surface area contributed by atoms with Crippen molar-refractivity contribution in [1.82, 2.24) is 5.32 Å². The molecule has 0 fully saturated rings. The van der Waals surface area contributed by atoms with Gasteiger partial charge in [0.25, 0.3) is 17.3 Å². The Balaban J connectivity index is 3.34. The Morgan fingerprint density at radius 3 is 2.16 bits per heavy atom. The van der Waals surface area contributed by atoms with Gasteiger partial charge in [-0.25, -0.2) is 0 Å². The van der Waals surface area contributed by atoms with Crippen LogP contribution in [-0.4, -0.2) is 22.3 Å². The van der Waals surface area contributed by atoms with E-state index in [1.165, 1.54) is 13.0 Å². The minimum atomic E-state index is -0.757. The molecule has 1 rings (SSSR count). The Kier molecular flexibility index (Phi) is 4.30. The summed E-state index contributed by atoms with van der Waals surface area (Å²) < 4.78 is 0. The van der Waals surface area contributed by atoms with Crippen molar-refractivity contribution in [3.05, 3.63) is 56.1 Å². The first kappa shape index (κ1) is 14.3. The zero-order valence-corrected chi connectivity index (χ0v) is 10.1. The molecular formula is C11H11N3O5. The summed E-state index contributed by atoms with van der Waals surface area (Å²) in [4.78, 5) is 31.8. The Morgan fingerprint density at radius 1 is 1.32 bits per heavy atom. The van der Waals surface area contributed by atoms with Gasteiger partial charge in [0.15, 0.2) is 0 Å². The Morgan fingerprint density at radius 2 is 1.79 bits per heavy atom. The van der Waals surface area contributed by atoms with Crippen LogP contribution in [0, 0.1) is 27.2 Å². The number of carbonyl (C=O) groups is 1. The number of benzene rings is 1. The maximum absolute atomic E-state index is 11.7. The summed E-state index contributed by atoms with van der Waals surface area (Å²) in [5, 5.41) is 24.0. The van der Waals surface area contributed by atoms with E-state index in [0.717, 1.165) is 12.1 Å². The third kappa shape index (κ3) is 3.12. The van der Waals surface area contributed by atoms with Crippen molar-refractivity contribution < 1.29 is 14.6 Å². The van der Waals surface area contributed by atoms with E-state index in [-0.39, 0.29) is 17.7 Å². The summed E-state index contributed by atoms with van der Waals surface area (Å²) in [6.07, 6.45) is 1.43. The second-order valence-corrected chi connectivity index (χ2v) is 3.65. The van der Waals surface area contributed by atoms with Crippen LogP contribution in [0.5, 0.6) is 0 Å². The highest BCUT2D eigenvalue weighted by molar-refractivity contribution is 5.96. The first-order chi connectivity index (χ1) is 8.88. The van der Waals surface area contributed by atoms with E-state index in [0.29, 0.717) is 0 Å². The van der Waals surface area contributed by atoms with Crippen LogP contribution in [0.2, 0.25) is 0 Å². The van der Waals surface area contributed by atoms with Crippen molar-refractivity contribution in [3.8, 4) is 0 Å². The number of nitro benzene ring substituents is 2. The minimum Gasteiger partial charge on any atom is -0.349 e. The smallest absolute Gasteiger partial charge is 0.279 e. The van der Waals surface area contributed by atoms with Crippen LogP contribution in [0.15, 0.2) is 24.8 Å². The van der Waals surface area contributed by atoms with Gasteiger partial charge in [-0.05, 0) is 6.92 Å². The molecule has 0 saturated heterocycles. The second-order valence-electron chi connectivity index (χ2n) is 3.65. The zero-order chi connectivity index (χ0) is 14.6. The van der Waals surface area contributed by atoms with Crippen molar-refractivity contribution in [3.63, 3.8) is 0 Å². The molecule has 0 atom stereocenters. The standard InChI is InChI=1S/C11H11N3O5/c1-3-4-12-11(15)8-5-9(13(16)17)7(2)10(6-8)14(18)19/h3,5-6H,1,4H2,2H3,(H,12,15). The predicted molar refractivity (Wildman–Crippen MR) is 67.0 cm³/mol. The Hall–Kier alpha value is -2.77. The molecule has 0 aliphatic heterocycles. The first-order valence-electron chi connectivity index (χ1n) is 5.21. The van der Waals surface area contributed by atoms with Crippen molar-refractivity contribution in [2.24, 2.45) is 0 Å². The molecule has 8 nitrogen and oxygen atoms in total. The molecule has 1 amide bonds. The van der Waals surface area contributed by atoms with E-state index in [2.05, 4.69) is 11.9 Å². The third-order valence-electron chi connectivity index (χ3n) is 2.42. The largest absolute Gasteiger partial charge is 0.349 e. The van der Waals surface area contributed by atoms with Crippen molar-refractivity contribution in [2.45, 2.75) is 6.92 Å². The number of nitrogens with zero attached hydrogens (tertiary/aromatic N) is 2. The van der Waals surface area contributed by atoms with Gasteiger partial charge in [0, 0.05) is 18.7 Å². The van der Waals surface area contributed by atoms with E-state index in [1.807, 2.05) is 0 Å². The number of hydrogen-bond donors (Lipinski definition) is 1. The molecule has 0 unspecified atom stereocenters. The highest BCUT2D eigenvalue weighted by Crippen LogP contribution is 2.29. The maximum Gasteiger partial charge on any atom is 0.279 e. The molecule has 19 heavy (non-hydrogen) atoms. The molecule has 0 saturated carbocycles. The summed E-state index contributed by atoms with van der Waals surface area (Å²) in [5.74, 6) is -0.633. The number of hydrogen-bond acceptors (Lipinski definition) is 5. The summed E-state index contributed by atoms with van der Waals surface area (Å²) in [6.45, 7) is 4.83. The van der Waals surface area contributed by atoms with E-state index >= 15 is 0 Å². The Labute approximate surface area is 108 Å². The van der Waals surface area contributed by atoms with E-state index in [4.69, 9.17) is 0 Å². The SMILES string of the molecule is C=CCNC(=O)c1cc([N+](=O)[O-])c(C)c([N+](=O)[O-])c1. The number of nitro groups is 2. The summed E-state index contributed by atoms with van der Waals surface area (Å²) >= 11 is 0. The molecule has 0 bridgehead atoms. The molecule has 1 aromatic rings. The lowest BCUT2D eigenvalue weighted by Gasteiger charge is -2.04. The third-order valence-corrected chi connectivity index (χ3v) is 2.42. The molecule has 0 aromatic heterocycles. The number of nitrogens with one attached hydrogen (secondary N) is 1. The second kappa shape index (κ2) is 5.71. The quantitative estimate of drug-likeness (QED) is 0.494. The van der Waals surface area contributed by atoms with Gasteiger partial charge in [0.1, 0.15) is 5.56 Å². The lowest BCUT2D eigenvalue weighted by Crippen LogP contribution is -2.23. The van der Waals surface area contributed by atoms with Crippen molar-refractivity contribution in [1.29, 1.82) is 0 Å². The molecule has 0 radical (unpaired) electrons. The van der Waals surface area contributed by atoms with Gasteiger partial charge in [-0.3, -0.25) is 25.0 Å². The molecule has 100 valence electrons. The van der Waals surface area contributed by atoms with Crippen molar-refractivity contribution in [2.75, 3.05) is 6.54 Å². The van der Waals surface area contributed by atoms with Gasteiger partial charge >= 0.3 is 0 Å². The topological polar surface area (TPSA) is 115 Å². The number of rotatable bonds is 5. The molecule has 1 aromatic carbocycles. The van der Waals surface area contributed by atoms with Gasteiger partial charge in [0.05, 0.1) is 15.4 Å². The molecule has 1 N–H and O–H groups in total. The van der Waals surface area contributed by atoms with E-state index in [1.54, 1.807) is 0 Å². The van der Waals surface area contributed by atoms with Crippen LogP contribution in [-0.2, 0) is 0 Å². The summed E-state index contributed by atoms with van der Waals surface area (Å²) in [5.41, 5.74) is -1.14. The predicted octanol–water partition coefficient (Wildman–Crippen LogP) is 1.73. The maximum atomic E-state index is 11.7. The Bertz CT molecular complexity index is 532. The lowest BCUT2D eigenvalue weighted by molar-refractivity contribution is -0.395. The van der Waals surface area contributed by atoms with E-state index < -0.39 is 27.1 Å². The monoisotopic (exact) mass is 265 g/mol. The van der Waals surface area contributed by atoms with Crippen LogP contribution in [0.1, 0.15) is 15.9 Å². The van der Waals surface area contributed by atoms with E-state index in [9.17, 15) is 25.0 Å². The van der Waals surface area contributed by atoms with Crippen LogP contribution in [0.3, 0.4) is 0 Å². The normalized spacial score (nSPS) is 9.74. The zero-order valence-electron chi connectivity index (χ0n) is 10.1. The molecule has 0 spiro atoms. The van der Waals surface area contributed by atoms with Crippen LogP contribution in [0.4, 0.5) is 11.4 Å². The summed E-state index contributed by atoms with van der Waals surface area (Å²) in [6, 6.07) is 2.03. The fraction of sp³-hybridized carbons (Fsp3) is 0.182. The molecule has 0 aliphatic rings.